The van der Waals surface area contributed by atoms with E-state index in [1.807, 2.05) is 0 Å². The number of carboxylic acids is 1. The van der Waals surface area contributed by atoms with E-state index in [0.717, 1.165) is 12.8 Å². The zero-order valence-electron chi connectivity index (χ0n) is 13.4. The van der Waals surface area contributed by atoms with Gasteiger partial charge in [-0.3, -0.25) is 5.32 Å². The number of carboxylic acid groups (broad SMARTS) is 1. The summed E-state index contributed by atoms with van der Waals surface area (Å²) < 4.78 is 0. The van der Waals surface area contributed by atoms with Crippen molar-refractivity contribution in [1.29, 1.82) is 0 Å². The first-order valence-corrected chi connectivity index (χ1v) is 7.79. The quantitative estimate of drug-likeness (QED) is 0.308. The van der Waals surface area contributed by atoms with Crippen molar-refractivity contribution in [1.82, 2.24) is 5.32 Å². The first-order chi connectivity index (χ1) is 9.54. The number of nitrogens with one attached hydrogen (secondary N) is 1. The topological polar surface area (TPSA) is 69.6 Å². The van der Waals surface area contributed by atoms with E-state index < -0.39 is 5.97 Å². The Morgan fingerprint density at radius 1 is 1.10 bits per heavy atom. The highest BCUT2D eigenvalue weighted by Gasteiger charge is 1.90. The highest BCUT2D eigenvalue weighted by Crippen LogP contribution is 2.09. The third-order valence-electron chi connectivity index (χ3n) is 2.90. The molecule has 1 unspecified atom stereocenters. The van der Waals surface area contributed by atoms with E-state index in [-0.39, 0.29) is 6.23 Å². The van der Waals surface area contributed by atoms with Gasteiger partial charge < -0.3 is 10.2 Å². The van der Waals surface area contributed by atoms with Crippen LogP contribution in [0.25, 0.3) is 0 Å². The maximum absolute atomic E-state index is 10.1. The zero-order valence-corrected chi connectivity index (χ0v) is 13.4. The third kappa shape index (κ3) is 25.9. The standard InChI is InChI=1S/C13H24O2.C3H9NO/c1-2-3-4-5-6-7-8-9-10-11-12-13(14)15;1-3(5)4-2/h11-12H,2-10H2,1H3,(H,14,15);3-5H,1-2H3. The van der Waals surface area contributed by atoms with Gasteiger partial charge in [0.05, 0.1) is 0 Å². The minimum atomic E-state index is -0.838. The van der Waals surface area contributed by atoms with Crippen LogP contribution in [0.5, 0.6) is 0 Å². The van der Waals surface area contributed by atoms with Crippen LogP contribution >= 0.6 is 0 Å². The molecule has 0 aromatic heterocycles. The predicted molar refractivity (Wildman–Crippen MR) is 84.7 cm³/mol. The van der Waals surface area contributed by atoms with Crippen molar-refractivity contribution in [3.8, 4) is 0 Å². The van der Waals surface area contributed by atoms with Crippen LogP contribution in [0.2, 0.25) is 0 Å². The van der Waals surface area contributed by atoms with Crippen molar-refractivity contribution >= 4 is 5.97 Å². The lowest BCUT2D eigenvalue weighted by Gasteiger charge is -1.99. The lowest BCUT2D eigenvalue weighted by Crippen LogP contribution is -2.19. The van der Waals surface area contributed by atoms with Gasteiger partial charge in [0.15, 0.2) is 0 Å². The van der Waals surface area contributed by atoms with Crippen LogP contribution in [-0.2, 0) is 4.79 Å². The van der Waals surface area contributed by atoms with Gasteiger partial charge in [-0.2, -0.15) is 0 Å². The first kappa shape index (κ1) is 21.4. The van der Waals surface area contributed by atoms with Crippen molar-refractivity contribution in [2.45, 2.75) is 77.9 Å². The van der Waals surface area contributed by atoms with Crippen molar-refractivity contribution in [2.24, 2.45) is 0 Å². The van der Waals surface area contributed by atoms with E-state index >= 15 is 0 Å². The normalized spacial score (nSPS) is 12.0. The fourth-order valence-electron chi connectivity index (χ4n) is 1.58. The second-order valence-corrected chi connectivity index (χ2v) is 4.97. The second-order valence-electron chi connectivity index (χ2n) is 4.97. The molecule has 3 N–H and O–H groups in total. The molecule has 0 saturated carbocycles. The summed E-state index contributed by atoms with van der Waals surface area (Å²) in [5.41, 5.74) is 0. The molecule has 0 aliphatic carbocycles. The maximum Gasteiger partial charge on any atom is 0.327 e. The number of allylic oxidation sites excluding steroid dienone is 1. The van der Waals surface area contributed by atoms with Gasteiger partial charge in [-0.25, -0.2) is 4.79 Å². The molecule has 1 atom stereocenters. The van der Waals surface area contributed by atoms with Gasteiger partial charge in [0.2, 0.25) is 0 Å². The van der Waals surface area contributed by atoms with Gasteiger partial charge in [-0.1, -0.05) is 57.9 Å². The molecule has 0 rings (SSSR count). The van der Waals surface area contributed by atoms with E-state index in [1.54, 1.807) is 20.0 Å². The summed E-state index contributed by atoms with van der Waals surface area (Å²) in [6.07, 6.45) is 13.9. The molecule has 4 heteroatoms. The molecule has 0 saturated heterocycles. The second kappa shape index (κ2) is 18.1. The fourth-order valence-corrected chi connectivity index (χ4v) is 1.58. The smallest absolute Gasteiger partial charge is 0.327 e. The largest absolute Gasteiger partial charge is 0.478 e. The summed E-state index contributed by atoms with van der Waals surface area (Å²) in [6.45, 7) is 3.90. The lowest BCUT2D eigenvalue weighted by molar-refractivity contribution is -0.131. The van der Waals surface area contributed by atoms with Crippen LogP contribution in [-0.4, -0.2) is 29.5 Å². The molecule has 20 heavy (non-hydrogen) atoms. The SMILES string of the molecule is CCCCCCCCCCC=CC(=O)O.CNC(C)O. The Hall–Kier alpha value is -0.870. The number of aliphatic hydroxyl groups excluding tert-OH is 1. The summed E-state index contributed by atoms with van der Waals surface area (Å²) in [5.74, 6) is -0.838. The molecule has 0 aromatic rings. The summed E-state index contributed by atoms with van der Waals surface area (Å²) in [4.78, 5) is 10.1. The van der Waals surface area contributed by atoms with Crippen LogP contribution in [0, 0.1) is 0 Å². The maximum atomic E-state index is 10.1. The summed E-state index contributed by atoms with van der Waals surface area (Å²) in [6, 6.07) is 0. The molecule has 0 spiro atoms. The highest BCUT2D eigenvalue weighted by atomic mass is 16.4. The summed E-state index contributed by atoms with van der Waals surface area (Å²) in [5, 5.41) is 19.2. The number of unbranched alkanes of at least 4 members (excludes halogenated alkanes) is 8. The Balaban J connectivity index is 0. The monoisotopic (exact) mass is 287 g/mol. The summed E-state index contributed by atoms with van der Waals surface area (Å²) in [7, 11) is 1.70. The fraction of sp³-hybridized carbons (Fsp3) is 0.812. The van der Waals surface area contributed by atoms with E-state index in [1.165, 1.54) is 51.0 Å². The molecule has 120 valence electrons. The molecule has 0 bridgehead atoms. The van der Waals surface area contributed by atoms with Gasteiger partial charge in [0, 0.05) is 6.08 Å². The van der Waals surface area contributed by atoms with Crippen LogP contribution < -0.4 is 5.32 Å². The molecule has 0 aromatic carbocycles. The number of hydrogen-bond donors (Lipinski definition) is 3. The number of carbonyl (C=O) groups is 1. The first-order valence-electron chi connectivity index (χ1n) is 7.79. The zero-order chi connectivity index (χ0) is 15.6. The molecular weight excluding hydrogens is 254 g/mol. The van der Waals surface area contributed by atoms with Crippen molar-refractivity contribution in [3.63, 3.8) is 0 Å². The van der Waals surface area contributed by atoms with Gasteiger partial charge in [0.25, 0.3) is 0 Å². The molecule has 0 fully saturated rings. The number of rotatable bonds is 11. The molecule has 0 amide bonds. The van der Waals surface area contributed by atoms with Crippen LogP contribution in [0.15, 0.2) is 12.2 Å². The average molecular weight is 287 g/mol. The molecule has 0 heterocycles. The minimum Gasteiger partial charge on any atom is -0.478 e. The Labute approximate surface area is 124 Å². The Morgan fingerprint density at radius 3 is 1.95 bits per heavy atom. The van der Waals surface area contributed by atoms with Crippen molar-refractivity contribution in [3.05, 3.63) is 12.2 Å². The van der Waals surface area contributed by atoms with Crippen LogP contribution in [0.1, 0.15) is 71.6 Å². The Kier molecular flexibility index (Phi) is 19.4. The molecule has 0 aliphatic rings. The molecule has 0 radical (unpaired) electrons. The minimum absolute atomic E-state index is 0.366. The van der Waals surface area contributed by atoms with E-state index in [0.29, 0.717) is 0 Å². The van der Waals surface area contributed by atoms with Crippen molar-refractivity contribution < 1.29 is 15.0 Å². The van der Waals surface area contributed by atoms with Crippen LogP contribution in [0.3, 0.4) is 0 Å². The summed E-state index contributed by atoms with van der Waals surface area (Å²) >= 11 is 0. The number of hydrogen-bond acceptors (Lipinski definition) is 3. The number of aliphatic carboxylic acids is 1. The lowest BCUT2D eigenvalue weighted by atomic mass is 10.1. The molecule has 0 aliphatic heterocycles. The van der Waals surface area contributed by atoms with E-state index in [2.05, 4.69) is 12.2 Å². The third-order valence-corrected chi connectivity index (χ3v) is 2.90. The van der Waals surface area contributed by atoms with Gasteiger partial charge in [0.1, 0.15) is 6.23 Å². The van der Waals surface area contributed by atoms with Gasteiger partial charge in [-0.15, -0.1) is 0 Å². The molecule has 4 nitrogen and oxygen atoms in total. The Morgan fingerprint density at radius 2 is 1.55 bits per heavy atom. The van der Waals surface area contributed by atoms with Gasteiger partial charge in [-0.05, 0) is 26.8 Å². The van der Waals surface area contributed by atoms with E-state index in [9.17, 15) is 4.79 Å². The Bertz CT molecular complexity index is 228. The van der Waals surface area contributed by atoms with Gasteiger partial charge >= 0.3 is 5.97 Å². The predicted octanol–water partition coefficient (Wildman–Crippen LogP) is 3.70. The molecular formula is C16H33NO3. The highest BCUT2D eigenvalue weighted by molar-refractivity contribution is 5.79. The average Bonchev–Trinajstić information content (AvgIpc) is 2.41. The van der Waals surface area contributed by atoms with E-state index in [4.69, 9.17) is 10.2 Å². The van der Waals surface area contributed by atoms with Crippen LogP contribution in [0.4, 0.5) is 0 Å². The van der Waals surface area contributed by atoms with Crippen molar-refractivity contribution in [2.75, 3.05) is 7.05 Å². The number of aliphatic hydroxyl groups is 1.